The molecule has 1 fully saturated rings. The van der Waals surface area contributed by atoms with Gasteiger partial charge < -0.3 is 9.47 Å². The molecule has 84 valence electrons. The van der Waals surface area contributed by atoms with E-state index >= 15 is 0 Å². The Morgan fingerprint density at radius 3 is 2.29 bits per heavy atom. The maximum atomic E-state index is 5.65. The highest BCUT2D eigenvalue weighted by Gasteiger charge is 2.27. The Hall–Kier alpha value is -0.0800. The summed E-state index contributed by atoms with van der Waals surface area (Å²) in [5.74, 6) is -0.273. The van der Waals surface area contributed by atoms with E-state index in [2.05, 4.69) is 13.8 Å². The number of unbranched alkanes of at least 4 members (excludes halogenated alkanes) is 4. The summed E-state index contributed by atoms with van der Waals surface area (Å²) in [5.41, 5.74) is 0. The van der Waals surface area contributed by atoms with Gasteiger partial charge in [0.1, 0.15) is 0 Å². The first-order valence-corrected chi connectivity index (χ1v) is 6.05. The first kappa shape index (κ1) is 12.0. The molecule has 1 aliphatic rings. The van der Waals surface area contributed by atoms with Gasteiger partial charge in [-0.2, -0.15) is 0 Å². The van der Waals surface area contributed by atoms with E-state index in [0.29, 0.717) is 0 Å². The van der Waals surface area contributed by atoms with Crippen LogP contribution in [0.2, 0.25) is 0 Å². The standard InChI is InChI=1S/C12H24O2/c1-3-4-5-6-7-9-12(2)13-10-8-11-14-12/h3-11H2,1-2H3. The van der Waals surface area contributed by atoms with Gasteiger partial charge in [-0.05, 0) is 19.8 Å². The van der Waals surface area contributed by atoms with Crippen LogP contribution in [-0.4, -0.2) is 19.0 Å². The van der Waals surface area contributed by atoms with Crippen molar-refractivity contribution in [2.45, 2.75) is 64.6 Å². The van der Waals surface area contributed by atoms with Gasteiger partial charge in [0.15, 0.2) is 5.79 Å². The Balaban J connectivity index is 2.03. The van der Waals surface area contributed by atoms with Crippen LogP contribution in [0.15, 0.2) is 0 Å². The Morgan fingerprint density at radius 1 is 1.00 bits per heavy atom. The minimum absolute atomic E-state index is 0.273. The van der Waals surface area contributed by atoms with Crippen LogP contribution >= 0.6 is 0 Å². The van der Waals surface area contributed by atoms with Gasteiger partial charge in [0, 0.05) is 6.42 Å². The first-order valence-electron chi connectivity index (χ1n) is 6.05. The molecule has 0 atom stereocenters. The van der Waals surface area contributed by atoms with Crippen molar-refractivity contribution in [2.75, 3.05) is 13.2 Å². The van der Waals surface area contributed by atoms with Gasteiger partial charge >= 0.3 is 0 Å². The van der Waals surface area contributed by atoms with Crippen LogP contribution in [0.4, 0.5) is 0 Å². The minimum Gasteiger partial charge on any atom is -0.350 e. The lowest BCUT2D eigenvalue weighted by atomic mass is 10.1. The lowest BCUT2D eigenvalue weighted by molar-refractivity contribution is -0.259. The fraction of sp³-hybridized carbons (Fsp3) is 1.00. The summed E-state index contributed by atoms with van der Waals surface area (Å²) in [6.07, 6.45) is 8.67. The molecule has 2 heteroatoms. The van der Waals surface area contributed by atoms with Crippen LogP contribution in [0.25, 0.3) is 0 Å². The average molecular weight is 200 g/mol. The smallest absolute Gasteiger partial charge is 0.165 e. The molecular formula is C12H24O2. The average Bonchev–Trinajstić information content (AvgIpc) is 2.18. The summed E-state index contributed by atoms with van der Waals surface area (Å²) in [7, 11) is 0. The molecule has 0 radical (unpaired) electrons. The van der Waals surface area contributed by atoms with Crippen molar-refractivity contribution in [1.82, 2.24) is 0 Å². The zero-order valence-electron chi connectivity index (χ0n) is 9.68. The summed E-state index contributed by atoms with van der Waals surface area (Å²) >= 11 is 0. The van der Waals surface area contributed by atoms with E-state index in [9.17, 15) is 0 Å². The van der Waals surface area contributed by atoms with Crippen molar-refractivity contribution in [3.63, 3.8) is 0 Å². The topological polar surface area (TPSA) is 18.5 Å². The van der Waals surface area contributed by atoms with E-state index in [1.165, 1.54) is 32.1 Å². The van der Waals surface area contributed by atoms with Crippen LogP contribution in [-0.2, 0) is 9.47 Å². The van der Waals surface area contributed by atoms with Crippen LogP contribution in [0, 0.1) is 0 Å². The molecule has 14 heavy (non-hydrogen) atoms. The molecule has 0 saturated carbocycles. The largest absolute Gasteiger partial charge is 0.350 e. The molecule has 2 nitrogen and oxygen atoms in total. The molecule has 0 spiro atoms. The second-order valence-corrected chi connectivity index (χ2v) is 4.35. The highest BCUT2D eigenvalue weighted by molar-refractivity contribution is 4.66. The molecule has 0 aromatic carbocycles. The fourth-order valence-electron chi connectivity index (χ4n) is 1.87. The number of hydrogen-bond acceptors (Lipinski definition) is 2. The second-order valence-electron chi connectivity index (χ2n) is 4.35. The molecule has 1 heterocycles. The lowest BCUT2D eigenvalue weighted by Crippen LogP contribution is -2.37. The van der Waals surface area contributed by atoms with Crippen molar-refractivity contribution in [2.24, 2.45) is 0 Å². The predicted octanol–water partition coefficient (Wildman–Crippen LogP) is 3.50. The highest BCUT2D eigenvalue weighted by atomic mass is 16.7. The van der Waals surface area contributed by atoms with E-state index in [-0.39, 0.29) is 5.79 Å². The monoisotopic (exact) mass is 200 g/mol. The van der Waals surface area contributed by atoms with Crippen molar-refractivity contribution < 1.29 is 9.47 Å². The van der Waals surface area contributed by atoms with Crippen molar-refractivity contribution in [1.29, 1.82) is 0 Å². The van der Waals surface area contributed by atoms with Gasteiger partial charge in [0.05, 0.1) is 13.2 Å². The maximum Gasteiger partial charge on any atom is 0.165 e. The van der Waals surface area contributed by atoms with Crippen LogP contribution < -0.4 is 0 Å². The van der Waals surface area contributed by atoms with E-state index < -0.39 is 0 Å². The number of ether oxygens (including phenoxy) is 2. The molecule has 1 saturated heterocycles. The Bertz CT molecular complexity index is 139. The molecule has 0 N–H and O–H groups in total. The molecule has 0 aromatic rings. The highest BCUT2D eigenvalue weighted by Crippen LogP contribution is 2.24. The zero-order chi connectivity index (χ0) is 10.3. The molecule has 0 amide bonds. The molecular weight excluding hydrogens is 176 g/mol. The molecule has 1 rings (SSSR count). The van der Waals surface area contributed by atoms with Crippen molar-refractivity contribution >= 4 is 0 Å². The second kappa shape index (κ2) is 6.41. The van der Waals surface area contributed by atoms with Crippen molar-refractivity contribution in [3.8, 4) is 0 Å². The van der Waals surface area contributed by atoms with E-state index in [1.54, 1.807) is 0 Å². The Kier molecular flexibility index (Phi) is 5.49. The van der Waals surface area contributed by atoms with Gasteiger partial charge in [-0.1, -0.05) is 32.6 Å². The fourth-order valence-corrected chi connectivity index (χ4v) is 1.87. The minimum atomic E-state index is -0.273. The first-order chi connectivity index (χ1) is 6.77. The van der Waals surface area contributed by atoms with Crippen molar-refractivity contribution in [3.05, 3.63) is 0 Å². The molecule has 1 aliphatic heterocycles. The Labute approximate surface area is 88.0 Å². The predicted molar refractivity (Wildman–Crippen MR) is 58.3 cm³/mol. The van der Waals surface area contributed by atoms with E-state index in [4.69, 9.17) is 9.47 Å². The van der Waals surface area contributed by atoms with Gasteiger partial charge in [-0.25, -0.2) is 0 Å². The van der Waals surface area contributed by atoms with Gasteiger partial charge in [-0.15, -0.1) is 0 Å². The van der Waals surface area contributed by atoms with E-state index in [0.717, 1.165) is 26.1 Å². The van der Waals surface area contributed by atoms with Gasteiger partial charge in [-0.3, -0.25) is 0 Å². The summed E-state index contributed by atoms with van der Waals surface area (Å²) < 4.78 is 11.3. The summed E-state index contributed by atoms with van der Waals surface area (Å²) in [6, 6.07) is 0. The SMILES string of the molecule is CCCCCCCC1(C)OCCCO1. The van der Waals surface area contributed by atoms with Crippen LogP contribution in [0.1, 0.15) is 58.8 Å². The molecule has 0 aromatic heterocycles. The van der Waals surface area contributed by atoms with Crippen LogP contribution in [0.5, 0.6) is 0 Å². The zero-order valence-corrected chi connectivity index (χ0v) is 9.68. The quantitative estimate of drug-likeness (QED) is 0.611. The summed E-state index contributed by atoms with van der Waals surface area (Å²) in [4.78, 5) is 0. The Morgan fingerprint density at radius 2 is 1.64 bits per heavy atom. The third-order valence-corrected chi connectivity index (χ3v) is 2.84. The van der Waals surface area contributed by atoms with Gasteiger partial charge in [0.2, 0.25) is 0 Å². The van der Waals surface area contributed by atoms with Gasteiger partial charge in [0.25, 0.3) is 0 Å². The van der Waals surface area contributed by atoms with Crippen LogP contribution in [0.3, 0.4) is 0 Å². The number of hydrogen-bond donors (Lipinski definition) is 0. The maximum absolute atomic E-state index is 5.65. The normalized spacial score (nSPS) is 21.0. The summed E-state index contributed by atoms with van der Waals surface area (Å²) in [5, 5.41) is 0. The summed E-state index contributed by atoms with van der Waals surface area (Å²) in [6.45, 7) is 6.05. The number of rotatable bonds is 6. The molecule has 0 unspecified atom stereocenters. The third kappa shape index (κ3) is 4.43. The third-order valence-electron chi connectivity index (χ3n) is 2.84. The molecule has 0 aliphatic carbocycles. The molecule has 0 bridgehead atoms. The van der Waals surface area contributed by atoms with E-state index in [1.807, 2.05) is 0 Å². The lowest BCUT2D eigenvalue weighted by Gasteiger charge is -2.34.